The minimum atomic E-state index is -0.494. The van der Waals surface area contributed by atoms with E-state index in [0.717, 1.165) is 31.2 Å². The van der Waals surface area contributed by atoms with Crippen LogP contribution in [0.25, 0.3) is 0 Å². The van der Waals surface area contributed by atoms with Crippen molar-refractivity contribution in [2.24, 2.45) is 11.8 Å². The van der Waals surface area contributed by atoms with E-state index in [9.17, 15) is 9.59 Å². The third kappa shape index (κ3) is 2.88. The van der Waals surface area contributed by atoms with E-state index in [-0.39, 0.29) is 27.5 Å². The van der Waals surface area contributed by atoms with Gasteiger partial charge in [-0.05, 0) is 67.2 Å². The van der Waals surface area contributed by atoms with Crippen LogP contribution in [0, 0.1) is 18.8 Å². The Morgan fingerprint density at radius 3 is 1.92 bits per heavy atom. The fourth-order valence-electron chi connectivity index (χ4n) is 5.25. The van der Waals surface area contributed by atoms with E-state index in [1.807, 2.05) is 23.5 Å². The second kappa shape index (κ2) is 7.01. The zero-order chi connectivity index (χ0) is 18.5. The molecule has 3 atom stereocenters. The summed E-state index contributed by atoms with van der Waals surface area (Å²) in [7, 11) is 0. The van der Waals surface area contributed by atoms with Crippen LogP contribution in [0.1, 0.15) is 61.3 Å². The van der Waals surface area contributed by atoms with Crippen LogP contribution in [0.4, 0.5) is 0 Å². The zero-order valence-corrected chi connectivity index (χ0v) is 17.6. The highest BCUT2D eigenvalue weighted by atomic mass is 32.2. The second-order valence-electron chi connectivity index (χ2n) is 8.02. The first-order chi connectivity index (χ1) is 12.5. The van der Waals surface area contributed by atoms with Crippen molar-refractivity contribution in [3.63, 3.8) is 0 Å². The lowest BCUT2D eigenvalue weighted by Gasteiger charge is -2.33. The van der Waals surface area contributed by atoms with Gasteiger partial charge in [-0.2, -0.15) is 0 Å². The Balaban J connectivity index is 1.70. The first-order valence-corrected chi connectivity index (χ1v) is 11.9. The van der Waals surface area contributed by atoms with Gasteiger partial charge < -0.3 is 0 Å². The zero-order valence-electron chi connectivity index (χ0n) is 16.0. The maximum absolute atomic E-state index is 13.4. The predicted octanol–water partition coefficient (Wildman–Crippen LogP) is 4.95. The quantitative estimate of drug-likeness (QED) is 0.686. The van der Waals surface area contributed by atoms with E-state index >= 15 is 0 Å². The SMILES string of the molecule is CCc1cc(C)cc(CC)c1C1C(=O)[C@H]2CC3(C[C@H]2C1=O)SCCCS3. The Kier molecular flexibility index (Phi) is 5.02. The highest BCUT2D eigenvalue weighted by molar-refractivity contribution is 8.18. The van der Waals surface area contributed by atoms with Crippen LogP contribution in [0.15, 0.2) is 12.1 Å². The number of hydrogen-bond acceptors (Lipinski definition) is 4. The third-order valence-electron chi connectivity index (χ3n) is 6.41. The van der Waals surface area contributed by atoms with Crippen LogP contribution < -0.4 is 0 Å². The summed E-state index contributed by atoms with van der Waals surface area (Å²) in [5, 5.41) is 0. The predicted molar refractivity (Wildman–Crippen MR) is 111 cm³/mol. The van der Waals surface area contributed by atoms with Crippen molar-refractivity contribution in [2.75, 3.05) is 11.5 Å². The van der Waals surface area contributed by atoms with Crippen molar-refractivity contribution in [3.05, 3.63) is 34.4 Å². The summed E-state index contributed by atoms with van der Waals surface area (Å²) in [4.78, 5) is 26.8. The molecule has 0 N–H and O–H groups in total. The van der Waals surface area contributed by atoms with E-state index in [0.29, 0.717) is 0 Å². The molecule has 26 heavy (non-hydrogen) atoms. The third-order valence-corrected chi connectivity index (χ3v) is 9.82. The number of carbonyl (C=O) groups is 2. The normalized spacial score (nSPS) is 30.2. The molecule has 0 amide bonds. The molecule has 140 valence electrons. The van der Waals surface area contributed by atoms with Crippen LogP contribution in [0.5, 0.6) is 0 Å². The van der Waals surface area contributed by atoms with Crippen LogP contribution in [-0.4, -0.2) is 27.2 Å². The van der Waals surface area contributed by atoms with E-state index in [1.54, 1.807) is 0 Å². The van der Waals surface area contributed by atoms with Crippen molar-refractivity contribution in [1.29, 1.82) is 0 Å². The van der Waals surface area contributed by atoms with Crippen molar-refractivity contribution < 1.29 is 9.59 Å². The molecular weight excluding hydrogens is 360 g/mol. The summed E-state index contributed by atoms with van der Waals surface area (Å²) in [6, 6.07) is 4.36. The first kappa shape index (κ1) is 18.6. The number of ketones is 2. The van der Waals surface area contributed by atoms with Crippen LogP contribution in [-0.2, 0) is 22.4 Å². The molecule has 0 aromatic heterocycles. The van der Waals surface area contributed by atoms with Gasteiger partial charge in [0.2, 0.25) is 0 Å². The molecule has 1 heterocycles. The molecule has 2 aliphatic carbocycles. The first-order valence-electron chi connectivity index (χ1n) is 9.97. The Hall–Kier alpha value is -0.740. The smallest absolute Gasteiger partial charge is 0.151 e. The monoisotopic (exact) mass is 388 g/mol. The highest BCUT2D eigenvalue weighted by Crippen LogP contribution is 2.60. The highest BCUT2D eigenvalue weighted by Gasteiger charge is 2.59. The molecule has 1 unspecified atom stereocenters. The van der Waals surface area contributed by atoms with Gasteiger partial charge in [-0.1, -0.05) is 31.5 Å². The molecule has 2 nitrogen and oxygen atoms in total. The van der Waals surface area contributed by atoms with Crippen LogP contribution in [0.2, 0.25) is 0 Å². The van der Waals surface area contributed by atoms with Gasteiger partial charge in [0, 0.05) is 11.8 Å². The van der Waals surface area contributed by atoms with E-state index in [4.69, 9.17) is 0 Å². The minimum absolute atomic E-state index is 0.0404. The maximum atomic E-state index is 13.4. The molecule has 1 saturated heterocycles. The molecular formula is C22H28O2S2. The molecule has 1 aromatic carbocycles. The molecule has 0 radical (unpaired) electrons. The van der Waals surface area contributed by atoms with Crippen molar-refractivity contribution in [2.45, 2.75) is 62.9 Å². The van der Waals surface area contributed by atoms with Gasteiger partial charge >= 0.3 is 0 Å². The van der Waals surface area contributed by atoms with Crippen LogP contribution >= 0.6 is 23.5 Å². The molecule has 3 fully saturated rings. The maximum Gasteiger partial charge on any atom is 0.151 e. The molecule has 2 saturated carbocycles. The molecule has 1 aromatic rings. The van der Waals surface area contributed by atoms with Gasteiger partial charge in [-0.25, -0.2) is 0 Å². The number of rotatable bonds is 3. The summed E-state index contributed by atoms with van der Waals surface area (Å²) in [6.07, 6.45) is 4.82. The van der Waals surface area contributed by atoms with E-state index in [2.05, 4.69) is 32.9 Å². The summed E-state index contributed by atoms with van der Waals surface area (Å²) < 4.78 is 0.137. The summed E-state index contributed by atoms with van der Waals surface area (Å²) in [5.41, 5.74) is 4.69. The second-order valence-corrected chi connectivity index (χ2v) is 11.2. The topological polar surface area (TPSA) is 34.1 Å². The number of aryl methyl sites for hydroxylation is 3. The molecule has 0 bridgehead atoms. The Bertz CT molecular complexity index is 698. The lowest BCUT2D eigenvalue weighted by Crippen LogP contribution is -2.27. The van der Waals surface area contributed by atoms with Gasteiger partial charge in [-0.3, -0.25) is 9.59 Å². The minimum Gasteiger partial charge on any atom is -0.298 e. The Morgan fingerprint density at radius 1 is 0.962 bits per heavy atom. The average Bonchev–Trinajstić information content (AvgIpc) is 3.10. The number of fused-ring (bicyclic) bond motifs is 1. The van der Waals surface area contributed by atoms with Crippen molar-refractivity contribution in [1.82, 2.24) is 0 Å². The van der Waals surface area contributed by atoms with Crippen LogP contribution in [0.3, 0.4) is 0 Å². The summed E-state index contributed by atoms with van der Waals surface area (Å²) in [5.74, 6) is 2.22. The number of carbonyl (C=O) groups excluding carboxylic acids is 2. The van der Waals surface area contributed by atoms with Gasteiger partial charge in [-0.15, -0.1) is 23.5 Å². The fourth-order valence-corrected chi connectivity index (χ4v) is 8.78. The van der Waals surface area contributed by atoms with Gasteiger partial charge in [0.05, 0.1) is 4.08 Å². The van der Waals surface area contributed by atoms with E-state index in [1.165, 1.54) is 34.6 Å². The molecule has 3 aliphatic rings. The lowest BCUT2D eigenvalue weighted by molar-refractivity contribution is -0.125. The molecule has 1 spiro atoms. The number of benzene rings is 1. The Labute approximate surface area is 165 Å². The number of thioether (sulfide) groups is 2. The molecule has 1 aliphatic heterocycles. The summed E-state index contributed by atoms with van der Waals surface area (Å²) in [6.45, 7) is 6.37. The molecule has 4 rings (SSSR count). The van der Waals surface area contributed by atoms with Gasteiger partial charge in [0.25, 0.3) is 0 Å². The van der Waals surface area contributed by atoms with E-state index < -0.39 is 5.92 Å². The largest absolute Gasteiger partial charge is 0.298 e. The standard InChI is InChI=1S/C22H28O2S2/c1-4-14-9-13(3)10-15(5-2)18(14)19-20(23)16-11-22(12-17(16)21(19)24)25-7-6-8-26-22/h9-10,16-17,19H,4-8,11-12H2,1-3H3/t16-,17+,19?. The fraction of sp³-hybridized carbons (Fsp3) is 0.636. The average molecular weight is 389 g/mol. The van der Waals surface area contributed by atoms with Crippen molar-refractivity contribution >= 4 is 35.1 Å². The van der Waals surface area contributed by atoms with Gasteiger partial charge in [0.15, 0.2) is 11.6 Å². The number of Topliss-reactive ketones (excluding diaryl/α,β-unsaturated/α-hetero) is 2. The summed E-state index contributed by atoms with van der Waals surface area (Å²) >= 11 is 4.01. The molecule has 4 heteroatoms. The lowest BCUT2D eigenvalue weighted by atomic mass is 9.83. The van der Waals surface area contributed by atoms with Crippen molar-refractivity contribution in [3.8, 4) is 0 Å². The van der Waals surface area contributed by atoms with Gasteiger partial charge in [0.1, 0.15) is 5.92 Å². The number of hydrogen-bond donors (Lipinski definition) is 0. The Morgan fingerprint density at radius 2 is 1.46 bits per heavy atom.